The predicted octanol–water partition coefficient (Wildman–Crippen LogP) is 3.06. The summed E-state index contributed by atoms with van der Waals surface area (Å²) in [4.78, 5) is 24.0. The monoisotopic (exact) mass is 363 g/mol. The largest absolute Gasteiger partial charge is 0.465 e. The second-order valence-electron chi connectivity index (χ2n) is 5.00. The maximum absolute atomic E-state index is 11.9. The van der Waals surface area contributed by atoms with E-state index in [1.165, 1.54) is 18.4 Å². The molecule has 0 aliphatic carbocycles. The number of esters is 1. The molecule has 0 radical (unpaired) electrons. The number of ether oxygens (including phenoxy) is 1. The summed E-state index contributed by atoms with van der Waals surface area (Å²) in [5.74, 6) is -0.900. The van der Waals surface area contributed by atoms with Crippen molar-refractivity contribution in [3.63, 3.8) is 0 Å². The number of benzene rings is 1. The van der Waals surface area contributed by atoms with Crippen molar-refractivity contribution in [3.8, 4) is 0 Å². The van der Waals surface area contributed by atoms with Crippen molar-refractivity contribution in [1.29, 1.82) is 0 Å². The Morgan fingerprint density at radius 1 is 1.17 bits per heavy atom. The van der Waals surface area contributed by atoms with Crippen LogP contribution in [-0.2, 0) is 4.74 Å². The number of nitrogens with one attached hydrogen (secondary N) is 2. The molecule has 1 aromatic carbocycles. The van der Waals surface area contributed by atoms with Gasteiger partial charge in [0.05, 0.1) is 12.7 Å². The third-order valence-electron chi connectivity index (χ3n) is 3.43. The van der Waals surface area contributed by atoms with Crippen molar-refractivity contribution in [2.24, 2.45) is 5.73 Å². The number of aryl methyl sites for hydroxylation is 1. The zero-order chi connectivity index (χ0) is 17.9. The quantitative estimate of drug-likeness (QED) is 0.571. The molecule has 1 aromatic heterocycles. The highest BCUT2D eigenvalue weighted by Crippen LogP contribution is 2.33. The molecular formula is C16H17N3O3S2. The van der Waals surface area contributed by atoms with Crippen molar-refractivity contribution < 1.29 is 14.3 Å². The Morgan fingerprint density at radius 3 is 2.33 bits per heavy atom. The first-order chi connectivity index (χ1) is 11.3. The fourth-order valence-electron chi connectivity index (χ4n) is 2.05. The molecule has 0 atom stereocenters. The fourth-order valence-corrected chi connectivity index (χ4v) is 3.38. The normalized spacial score (nSPS) is 10.1. The molecule has 0 fully saturated rings. The van der Waals surface area contributed by atoms with Gasteiger partial charge in [-0.05, 0) is 55.9 Å². The van der Waals surface area contributed by atoms with Crippen LogP contribution in [0.2, 0.25) is 0 Å². The molecule has 0 unspecified atom stereocenters. The minimum atomic E-state index is -0.491. The maximum atomic E-state index is 11.9. The highest BCUT2D eigenvalue weighted by Gasteiger charge is 2.20. The zero-order valence-corrected chi connectivity index (χ0v) is 15.1. The molecule has 8 heteroatoms. The van der Waals surface area contributed by atoms with Gasteiger partial charge in [-0.3, -0.25) is 4.79 Å². The summed E-state index contributed by atoms with van der Waals surface area (Å²) in [7, 11) is 1.34. The number of rotatable bonds is 4. The molecule has 2 aromatic rings. The van der Waals surface area contributed by atoms with Crippen LogP contribution in [-0.4, -0.2) is 24.1 Å². The van der Waals surface area contributed by atoms with Crippen molar-refractivity contribution in [3.05, 3.63) is 45.8 Å². The van der Waals surface area contributed by atoms with E-state index in [0.717, 1.165) is 10.4 Å². The number of amides is 1. The summed E-state index contributed by atoms with van der Waals surface area (Å²) in [6, 6.07) is 6.60. The van der Waals surface area contributed by atoms with Crippen molar-refractivity contribution >= 4 is 51.2 Å². The molecule has 2 rings (SSSR count). The topological polar surface area (TPSA) is 93.4 Å². The first-order valence-electron chi connectivity index (χ1n) is 6.99. The summed E-state index contributed by atoms with van der Waals surface area (Å²) in [5, 5.41) is 6.97. The number of thiocarbonyl (C=S) groups is 1. The number of carbonyl (C=O) groups is 2. The van der Waals surface area contributed by atoms with Gasteiger partial charge in [0.25, 0.3) is 0 Å². The predicted molar refractivity (Wildman–Crippen MR) is 99.9 cm³/mol. The highest BCUT2D eigenvalue weighted by atomic mass is 32.1. The van der Waals surface area contributed by atoms with E-state index < -0.39 is 11.9 Å². The van der Waals surface area contributed by atoms with Gasteiger partial charge in [0.2, 0.25) is 5.91 Å². The number of hydrogen-bond acceptors (Lipinski definition) is 5. The summed E-state index contributed by atoms with van der Waals surface area (Å²) in [5.41, 5.74) is 7.66. The molecule has 24 heavy (non-hydrogen) atoms. The smallest absolute Gasteiger partial charge is 0.341 e. The van der Waals surface area contributed by atoms with Gasteiger partial charge in [0.1, 0.15) is 5.00 Å². The Kier molecular flexibility index (Phi) is 5.53. The van der Waals surface area contributed by atoms with Gasteiger partial charge >= 0.3 is 5.97 Å². The molecular weight excluding hydrogens is 346 g/mol. The number of anilines is 2. The number of methoxy groups -OCH3 is 1. The SMILES string of the molecule is COC(=O)c1c(NC(=S)Nc2ccc(C(N)=O)cc2)sc(C)c1C. The average molecular weight is 363 g/mol. The summed E-state index contributed by atoms with van der Waals surface area (Å²) < 4.78 is 4.83. The Balaban J connectivity index is 2.14. The van der Waals surface area contributed by atoms with Crippen molar-refractivity contribution in [1.82, 2.24) is 0 Å². The van der Waals surface area contributed by atoms with Gasteiger partial charge in [-0.1, -0.05) is 0 Å². The highest BCUT2D eigenvalue weighted by molar-refractivity contribution is 7.80. The average Bonchev–Trinajstić information content (AvgIpc) is 2.81. The van der Waals surface area contributed by atoms with Gasteiger partial charge in [-0.2, -0.15) is 0 Å². The third-order valence-corrected chi connectivity index (χ3v) is 4.76. The number of nitrogens with two attached hydrogens (primary N) is 1. The van der Waals surface area contributed by atoms with Gasteiger partial charge in [0.15, 0.2) is 5.11 Å². The van der Waals surface area contributed by atoms with Crippen LogP contribution in [0.3, 0.4) is 0 Å². The lowest BCUT2D eigenvalue weighted by molar-refractivity contribution is 0.0601. The van der Waals surface area contributed by atoms with Crippen LogP contribution >= 0.6 is 23.6 Å². The summed E-state index contributed by atoms with van der Waals surface area (Å²) in [6.07, 6.45) is 0. The summed E-state index contributed by atoms with van der Waals surface area (Å²) in [6.45, 7) is 3.79. The van der Waals surface area contributed by atoms with Crippen molar-refractivity contribution in [2.75, 3.05) is 17.7 Å². The van der Waals surface area contributed by atoms with Crippen molar-refractivity contribution in [2.45, 2.75) is 13.8 Å². The Labute approximate surface area is 149 Å². The second kappa shape index (κ2) is 7.41. The van der Waals surface area contributed by atoms with Crippen LogP contribution in [0.25, 0.3) is 0 Å². The molecule has 0 aliphatic heterocycles. The molecule has 126 valence electrons. The number of primary amides is 1. The fraction of sp³-hybridized carbons (Fsp3) is 0.188. The minimum Gasteiger partial charge on any atom is -0.465 e. The second-order valence-corrected chi connectivity index (χ2v) is 6.63. The van der Waals surface area contributed by atoms with Crippen LogP contribution in [0.5, 0.6) is 0 Å². The van der Waals surface area contributed by atoms with E-state index >= 15 is 0 Å². The van der Waals surface area contributed by atoms with Gasteiger partial charge in [-0.25, -0.2) is 4.79 Å². The van der Waals surface area contributed by atoms with E-state index in [-0.39, 0.29) is 0 Å². The van der Waals surface area contributed by atoms with E-state index in [9.17, 15) is 9.59 Å². The third kappa shape index (κ3) is 3.90. The number of carbonyl (C=O) groups excluding carboxylic acids is 2. The molecule has 0 aliphatic rings. The molecule has 0 spiro atoms. The lowest BCUT2D eigenvalue weighted by Gasteiger charge is -2.11. The van der Waals surface area contributed by atoms with Crippen LogP contribution in [0.15, 0.2) is 24.3 Å². The minimum absolute atomic E-state index is 0.327. The summed E-state index contributed by atoms with van der Waals surface area (Å²) >= 11 is 6.71. The van der Waals surface area contributed by atoms with Crippen LogP contribution in [0.4, 0.5) is 10.7 Å². The molecule has 1 heterocycles. The number of hydrogen-bond donors (Lipinski definition) is 3. The van der Waals surface area contributed by atoms with E-state index in [2.05, 4.69) is 10.6 Å². The van der Waals surface area contributed by atoms with E-state index in [1.54, 1.807) is 24.3 Å². The Morgan fingerprint density at radius 2 is 1.79 bits per heavy atom. The molecule has 1 amide bonds. The lowest BCUT2D eigenvalue weighted by atomic mass is 10.1. The lowest BCUT2D eigenvalue weighted by Crippen LogP contribution is -2.20. The first kappa shape index (κ1) is 17.9. The Hall–Kier alpha value is -2.45. The standard InChI is InChI=1S/C16H17N3O3S2/c1-8-9(2)24-14(12(8)15(21)22-3)19-16(23)18-11-6-4-10(5-7-11)13(17)20/h4-7H,1-3H3,(H2,17,20)(H2,18,19,23). The molecule has 6 nitrogen and oxygen atoms in total. The van der Waals surface area contributed by atoms with E-state index in [4.69, 9.17) is 22.7 Å². The van der Waals surface area contributed by atoms with Crippen LogP contribution in [0, 0.1) is 13.8 Å². The van der Waals surface area contributed by atoms with Crippen LogP contribution < -0.4 is 16.4 Å². The zero-order valence-electron chi connectivity index (χ0n) is 13.4. The van der Waals surface area contributed by atoms with Crippen LogP contribution in [0.1, 0.15) is 31.2 Å². The van der Waals surface area contributed by atoms with Gasteiger partial charge < -0.3 is 21.1 Å². The van der Waals surface area contributed by atoms with Gasteiger partial charge in [-0.15, -0.1) is 11.3 Å². The number of thiophene rings is 1. The molecule has 0 saturated heterocycles. The van der Waals surface area contributed by atoms with Gasteiger partial charge in [0, 0.05) is 16.1 Å². The molecule has 0 saturated carbocycles. The van der Waals surface area contributed by atoms with E-state index in [1.807, 2.05) is 13.8 Å². The Bertz CT molecular complexity index is 798. The van der Waals surface area contributed by atoms with E-state index in [0.29, 0.717) is 26.9 Å². The first-order valence-corrected chi connectivity index (χ1v) is 8.22. The maximum Gasteiger partial charge on any atom is 0.341 e. The molecule has 0 bridgehead atoms. The molecule has 4 N–H and O–H groups in total.